The highest BCUT2D eigenvalue weighted by molar-refractivity contribution is 6.32. The van der Waals surface area contributed by atoms with Gasteiger partial charge in [0.05, 0.1) is 24.1 Å². The Labute approximate surface area is 230 Å². The molecule has 5 rings (SSSR count). The van der Waals surface area contributed by atoms with Crippen LogP contribution >= 0.6 is 0 Å². The number of furan rings is 1. The van der Waals surface area contributed by atoms with Gasteiger partial charge in [-0.3, -0.25) is 28.9 Å². The second-order valence-corrected chi connectivity index (χ2v) is 11.6. The largest absolute Gasteiger partial charge is 0.507 e. The molecular formula is C29H33N3O8. The van der Waals surface area contributed by atoms with Crippen molar-refractivity contribution in [3.8, 4) is 17.1 Å². The van der Waals surface area contributed by atoms with Gasteiger partial charge in [-0.15, -0.1) is 0 Å². The summed E-state index contributed by atoms with van der Waals surface area (Å²) in [5.41, 5.74) is 3.61. The lowest BCUT2D eigenvalue weighted by Gasteiger charge is -2.52. The number of ketones is 4. The van der Waals surface area contributed by atoms with E-state index in [1.807, 2.05) is 19.9 Å². The van der Waals surface area contributed by atoms with Crippen LogP contribution in [0.1, 0.15) is 41.9 Å². The molecule has 0 spiro atoms. The van der Waals surface area contributed by atoms with Crippen molar-refractivity contribution in [2.45, 2.75) is 50.9 Å². The molecule has 2 aromatic rings. The molecule has 2 saturated carbocycles. The van der Waals surface area contributed by atoms with Crippen LogP contribution in [0.25, 0.3) is 11.3 Å². The van der Waals surface area contributed by atoms with E-state index in [9.17, 15) is 34.2 Å². The van der Waals surface area contributed by atoms with Crippen molar-refractivity contribution in [1.82, 2.24) is 10.2 Å². The van der Waals surface area contributed by atoms with Gasteiger partial charge in [-0.25, -0.2) is 0 Å². The summed E-state index contributed by atoms with van der Waals surface area (Å²) in [6.07, 6.45) is 0.149. The Hall–Kier alpha value is -3.67. The molecule has 40 heavy (non-hydrogen) atoms. The summed E-state index contributed by atoms with van der Waals surface area (Å²) in [4.78, 5) is 67.9. The number of aromatic hydroxyl groups is 1. The molecule has 0 saturated heterocycles. The van der Waals surface area contributed by atoms with Crippen LogP contribution in [0, 0.1) is 23.7 Å². The summed E-state index contributed by atoms with van der Waals surface area (Å²) in [5.74, 6) is -9.56. The number of phenolic OH excluding ortho intramolecular Hbond substituents is 1. The summed E-state index contributed by atoms with van der Waals surface area (Å²) < 4.78 is 6.03. The van der Waals surface area contributed by atoms with E-state index in [4.69, 9.17) is 10.2 Å². The van der Waals surface area contributed by atoms with Crippen LogP contribution in [-0.2, 0) is 32.1 Å². The number of benzene rings is 1. The second kappa shape index (κ2) is 9.76. The van der Waals surface area contributed by atoms with E-state index in [0.29, 0.717) is 29.2 Å². The first kappa shape index (κ1) is 27.9. The van der Waals surface area contributed by atoms with Crippen LogP contribution in [-0.4, -0.2) is 75.9 Å². The third-order valence-electron chi connectivity index (χ3n) is 8.56. The molecule has 5 N–H and O–H groups in total. The zero-order valence-corrected chi connectivity index (χ0v) is 22.8. The van der Waals surface area contributed by atoms with Crippen molar-refractivity contribution in [3.63, 3.8) is 0 Å². The lowest BCUT2D eigenvalue weighted by molar-refractivity contribution is -0.181. The number of carbonyl (C=O) groups excluding carboxylic acids is 5. The first-order valence-corrected chi connectivity index (χ1v) is 13.3. The molecule has 3 unspecified atom stereocenters. The van der Waals surface area contributed by atoms with Crippen LogP contribution in [0.3, 0.4) is 0 Å². The summed E-state index contributed by atoms with van der Waals surface area (Å²) in [6, 6.07) is 5.69. The molecule has 1 amide bonds. The zero-order valence-electron chi connectivity index (χ0n) is 22.8. The molecule has 3 aliphatic rings. The topological polar surface area (TPSA) is 180 Å². The number of carbonyl (C=O) groups is 5. The first-order valence-electron chi connectivity index (χ1n) is 13.3. The second-order valence-electron chi connectivity index (χ2n) is 11.6. The third kappa shape index (κ3) is 4.03. The van der Waals surface area contributed by atoms with Crippen molar-refractivity contribution in [3.05, 3.63) is 41.2 Å². The lowest BCUT2D eigenvalue weighted by Crippen LogP contribution is -2.74. The smallest absolute Gasteiger partial charge is 0.235 e. The average molecular weight is 552 g/mol. The molecule has 11 nitrogen and oxygen atoms in total. The highest BCUT2D eigenvalue weighted by atomic mass is 16.3. The monoisotopic (exact) mass is 551 g/mol. The number of likely N-dealkylation sites (N-methyl/N-ethyl adjacent to an activating group) is 1. The molecule has 0 aliphatic heterocycles. The molecule has 1 aromatic carbocycles. The van der Waals surface area contributed by atoms with Crippen molar-refractivity contribution < 1.29 is 38.6 Å². The predicted molar refractivity (Wildman–Crippen MR) is 141 cm³/mol. The van der Waals surface area contributed by atoms with Gasteiger partial charge in [-0.05, 0) is 62.7 Å². The Balaban J connectivity index is 1.59. The highest BCUT2D eigenvalue weighted by Crippen LogP contribution is 2.51. The van der Waals surface area contributed by atoms with E-state index in [-0.39, 0.29) is 30.2 Å². The quantitative estimate of drug-likeness (QED) is 0.372. The number of phenols is 1. The number of Topliss-reactive ketones (excluding diaryl/α,β-unsaturated/α-hetero) is 4. The fourth-order valence-corrected chi connectivity index (χ4v) is 6.76. The molecule has 3 aliphatic carbocycles. The Kier molecular flexibility index (Phi) is 6.80. The molecule has 11 heteroatoms. The van der Waals surface area contributed by atoms with E-state index in [0.717, 1.165) is 0 Å². The number of nitrogens with zero attached hydrogens (tertiary/aromatic N) is 1. The van der Waals surface area contributed by atoms with Crippen LogP contribution in [0.2, 0.25) is 0 Å². The molecule has 0 bridgehead atoms. The zero-order chi connectivity index (χ0) is 29.3. The molecule has 6 atom stereocenters. The molecule has 0 radical (unpaired) electrons. The molecule has 212 valence electrons. The summed E-state index contributed by atoms with van der Waals surface area (Å²) in [7, 11) is 3.10. The number of aliphatic hydroxyl groups is 1. The van der Waals surface area contributed by atoms with Crippen LogP contribution in [0.4, 0.5) is 0 Å². The van der Waals surface area contributed by atoms with E-state index >= 15 is 0 Å². The number of amides is 1. The van der Waals surface area contributed by atoms with Crippen molar-refractivity contribution in [2.24, 2.45) is 29.4 Å². The number of rotatable bonds is 6. The van der Waals surface area contributed by atoms with E-state index in [1.54, 1.807) is 26.2 Å². The maximum absolute atomic E-state index is 13.9. The van der Waals surface area contributed by atoms with E-state index < -0.39 is 64.4 Å². The van der Waals surface area contributed by atoms with Gasteiger partial charge in [0.15, 0.2) is 34.7 Å². The van der Waals surface area contributed by atoms with Gasteiger partial charge in [0, 0.05) is 17.5 Å². The van der Waals surface area contributed by atoms with Crippen LogP contribution in [0.15, 0.2) is 28.7 Å². The molecular weight excluding hydrogens is 518 g/mol. The Morgan fingerprint density at radius 3 is 2.48 bits per heavy atom. The normalized spacial score (nSPS) is 29.9. The number of primary amides is 1. The summed E-state index contributed by atoms with van der Waals surface area (Å²) in [6.45, 7) is 4.52. The highest BCUT2D eigenvalue weighted by Gasteiger charge is 2.69. The standard InChI is InChI=1S/C29H33N3O8/c1-12(2)31-11-14-5-8-19(40-14)15-6-7-18(33)21-16(15)9-13-10-17-23(32(3)4)25(35)22(28(30)38)27(37)29(17,39)26(36)20(13)24(21)34/h5-8,12-13,17,20,22-23,31,33,39H,9-11H2,1-4H3,(H2,30,38)/t13-,17-,20?,22?,23?,29-/m0/s1. The Bertz CT molecular complexity index is 1440. The maximum atomic E-state index is 13.9. The summed E-state index contributed by atoms with van der Waals surface area (Å²) >= 11 is 0. The molecule has 1 aromatic heterocycles. The third-order valence-corrected chi connectivity index (χ3v) is 8.56. The predicted octanol–water partition coefficient (Wildman–Crippen LogP) is 0.625. The number of hydrogen-bond donors (Lipinski definition) is 4. The fraction of sp³-hybridized carbons (Fsp3) is 0.483. The minimum Gasteiger partial charge on any atom is -0.507 e. The van der Waals surface area contributed by atoms with Gasteiger partial charge in [-0.2, -0.15) is 0 Å². The van der Waals surface area contributed by atoms with Gasteiger partial charge in [0.2, 0.25) is 5.91 Å². The van der Waals surface area contributed by atoms with Crippen molar-refractivity contribution in [1.29, 1.82) is 0 Å². The van der Waals surface area contributed by atoms with Crippen LogP contribution in [0.5, 0.6) is 5.75 Å². The Morgan fingerprint density at radius 1 is 1.15 bits per heavy atom. The Morgan fingerprint density at radius 2 is 1.85 bits per heavy atom. The summed E-state index contributed by atoms with van der Waals surface area (Å²) in [5, 5.41) is 25.7. The molecule has 2 fully saturated rings. The minimum atomic E-state index is -2.75. The van der Waals surface area contributed by atoms with Crippen molar-refractivity contribution in [2.75, 3.05) is 14.1 Å². The molecule has 1 heterocycles. The number of fused-ring (bicyclic) bond motifs is 3. The SMILES string of the molecule is CC(C)NCc1ccc(-c2ccc(O)c3c2C[C@H]2C[C@H]4C(N(C)C)C(=O)C(C(N)=O)C(=O)[C@@]4(O)C(=O)C2C3=O)o1. The van der Waals surface area contributed by atoms with Crippen molar-refractivity contribution >= 4 is 29.0 Å². The van der Waals surface area contributed by atoms with E-state index in [1.165, 1.54) is 11.0 Å². The minimum absolute atomic E-state index is 0.0132. The number of nitrogens with two attached hydrogens (primary N) is 1. The first-order chi connectivity index (χ1) is 18.8. The van der Waals surface area contributed by atoms with Gasteiger partial charge >= 0.3 is 0 Å². The number of nitrogens with one attached hydrogen (secondary N) is 1. The lowest BCUT2D eigenvalue weighted by atomic mass is 9.52. The van der Waals surface area contributed by atoms with E-state index in [2.05, 4.69) is 5.32 Å². The van der Waals surface area contributed by atoms with Gasteiger partial charge in [0.1, 0.15) is 17.3 Å². The van der Waals surface area contributed by atoms with Crippen LogP contribution < -0.4 is 11.1 Å². The number of hydrogen-bond acceptors (Lipinski definition) is 10. The fourth-order valence-electron chi connectivity index (χ4n) is 6.76. The maximum Gasteiger partial charge on any atom is 0.235 e. The van der Waals surface area contributed by atoms with Gasteiger partial charge < -0.3 is 25.7 Å². The average Bonchev–Trinajstić information content (AvgIpc) is 3.33. The van der Waals surface area contributed by atoms with Gasteiger partial charge in [-0.1, -0.05) is 13.8 Å². The van der Waals surface area contributed by atoms with Gasteiger partial charge in [0.25, 0.3) is 0 Å².